The van der Waals surface area contributed by atoms with E-state index < -0.39 is 15.9 Å². The van der Waals surface area contributed by atoms with E-state index in [0.717, 1.165) is 30.3 Å². The van der Waals surface area contributed by atoms with Gasteiger partial charge in [0, 0.05) is 30.4 Å². The molecule has 0 aliphatic carbocycles. The lowest BCUT2D eigenvalue weighted by Crippen LogP contribution is -2.32. The predicted octanol–water partition coefficient (Wildman–Crippen LogP) is 4.28. The fourth-order valence-corrected chi connectivity index (χ4v) is 6.14. The molecule has 0 fully saturated rings. The van der Waals surface area contributed by atoms with Crippen LogP contribution in [0.25, 0.3) is 23.0 Å². The highest BCUT2D eigenvalue weighted by molar-refractivity contribution is 8.18. The van der Waals surface area contributed by atoms with Gasteiger partial charge in [0.1, 0.15) is 5.69 Å². The van der Waals surface area contributed by atoms with Crippen LogP contribution in [-0.2, 0) is 14.8 Å². The zero-order chi connectivity index (χ0) is 25.0. The van der Waals surface area contributed by atoms with E-state index in [-0.39, 0.29) is 10.1 Å². The van der Waals surface area contributed by atoms with Gasteiger partial charge >= 0.3 is 0 Å². The summed E-state index contributed by atoms with van der Waals surface area (Å²) in [5, 5.41) is 4.94. The Hall–Kier alpha value is -3.21. The number of amides is 1. The van der Waals surface area contributed by atoms with Crippen molar-refractivity contribution in [1.29, 1.82) is 0 Å². The third-order valence-corrected chi connectivity index (χ3v) is 8.09. The number of aromatic nitrogens is 2. The first-order valence-corrected chi connectivity index (χ1v) is 13.6. The van der Waals surface area contributed by atoms with Crippen molar-refractivity contribution in [3.8, 4) is 16.9 Å². The van der Waals surface area contributed by atoms with Crippen LogP contribution in [0.5, 0.6) is 0 Å². The number of carbonyl (C=O) groups is 1. The maximum Gasteiger partial charge on any atom is 0.286 e. The van der Waals surface area contributed by atoms with E-state index in [2.05, 4.69) is 4.99 Å². The highest BCUT2D eigenvalue weighted by Crippen LogP contribution is 2.32. The SMILES string of the molecule is CCCN(CCC)S(=O)(=O)c1cccc(-c2nn(-c3ccccc3)cc2/C=C2\SC(N)=NC2=O)c1. The summed E-state index contributed by atoms with van der Waals surface area (Å²) in [6.45, 7) is 4.84. The van der Waals surface area contributed by atoms with Gasteiger partial charge in [0.05, 0.1) is 15.5 Å². The topological polar surface area (TPSA) is 111 Å². The Balaban J connectivity index is 1.81. The van der Waals surface area contributed by atoms with E-state index in [1.807, 2.05) is 56.4 Å². The van der Waals surface area contributed by atoms with Gasteiger partial charge in [-0.3, -0.25) is 4.79 Å². The summed E-state index contributed by atoms with van der Waals surface area (Å²) >= 11 is 1.10. The second kappa shape index (κ2) is 10.6. The maximum absolute atomic E-state index is 13.4. The molecule has 0 spiro atoms. The summed E-state index contributed by atoms with van der Waals surface area (Å²) in [4.78, 5) is 16.6. The molecule has 0 radical (unpaired) electrons. The average molecular weight is 510 g/mol. The third-order valence-electron chi connectivity index (χ3n) is 5.38. The van der Waals surface area contributed by atoms with Gasteiger partial charge in [-0.25, -0.2) is 13.1 Å². The van der Waals surface area contributed by atoms with E-state index in [1.165, 1.54) is 4.31 Å². The van der Waals surface area contributed by atoms with Gasteiger partial charge in [-0.15, -0.1) is 0 Å². The van der Waals surface area contributed by atoms with Crippen LogP contribution in [0.4, 0.5) is 0 Å². The molecule has 182 valence electrons. The average Bonchev–Trinajstić information content (AvgIpc) is 3.42. The number of sulfonamides is 1. The molecule has 1 aliphatic rings. The highest BCUT2D eigenvalue weighted by atomic mass is 32.2. The number of hydrogen-bond acceptors (Lipinski definition) is 6. The molecule has 3 aromatic rings. The van der Waals surface area contributed by atoms with E-state index in [1.54, 1.807) is 29.0 Å². The number of hydrogen-bond donors (Lipinski definition) is 1. The lowest BCUT2D eigenvalue weighted by Gasteiger charge is -2.21. The van der Waals surface area contributed by atoms with Crippen molar-refractivity contribution in [1.82, 2.24) is 14.1 Å². The van der Waals surface area contributed by atoms with Crippen LogP contribution in [0.1, 0.15) is 32.3 Å². The summed E-state index contributed by atoms with van der Waals surface area (Å²) in [6, 6.07) is 16.3. The summed E-state index contributed by atoms with van der Waals surface area (Å²) in [6.07, 6.45) is 4.96. The van der Waals surface area contributed by atoms with Crippen LogP contribution in [0.2, 0.25) is 0 Å². The van der Waals surface area contributed by atoms with Crippen LogP contribution in [0.15, 0.2) is 75.6 Å². The lowest BCUT2D eigenvalue weighted by atomic mass is 10.1. The van der Waals surface area contributed by atoms with E-state index in [0.29, 0.717) is 34.8 Å². The van der Waals surface area contributed by atoms with Crippen molar-refractivity contribution in [3.05, 3.63) is 71.3 Å². The number of aliphatic imine (C=N–C) groups is 1. The van der Waals surface area contributed by atoms with Crippen LogP contribution >= 0.6 is 11.8 Å². The van der Waals surface area contributed by atoms with Crippen molar-refractivity contribution in [2.75, 3.05) is 13.1 Å². The van der Waals surface area contributed by atoms with Gasteiger partial charge in [-0.1, -0.05) is 44.2 Å². The molecular weight excluding hydrogens is 482 g/mol. The normalized spacial score (nSPS) is 15.2. The van der Waals surface area contributed by atoms with E-state index in [9.17, 15) is 13.2 Å². The molecule has 1 aliphatic heterocycles. The largest absolute Gasteiger partial charge is 0.378 e. The first kappa shape index (κ1) is 24.9. The smallest absolute Gasteiger partial charge is 0.286 e. The lowest BCUT2D eigenvalue weighted by molar-refractivity contribution is -0.113. The van der Waals surface area contributed by atoms with Gasteiger partial charge in [0.2, 0.25) is 10.0 Å². The minimum Gasteiger partial charge on any atom is -0.378 e. The molecule has 0 saturated carbocycles. The van der Waals surface area contributed by atoms with Crippen molar-refractivity contribution in [2.24, 2.45) is 10.7 Å². The molecule has 1 aromatic heterocycles. The fourth-order valence-electron chi connectivity index (χ4n) is 3.80. The molecule has 2 aromatic carbocycles. The van der Waals surface area contributed by atoms with E-state index in [4.69, 9.17) is 10.8 Å². The zero-order valence-electron chi connectivity index (χ0n) is 19.6. The highest BCUT2D eigenvalue weighted by Gasteiger charge is 2.25. The standard InChI is InChI=1S/C25H27N5O3S2/c1-3-13-29(14-4-2)35(32,33)21-12-8-9-18(15-21)23-19(16-22-24(31)27-25(26)34-22)17-30(28-23)20-10-6-5-7-11-20/h5-12,15-17H,3-4,13-14H2,1-2H3,(H2,26,27,31)/b22-16-. The first-order valence-electron chi connectivity index (χ1n) is 11.4. The number of rotatable bonds is 9. The summed E-state index contributed by atoms with van der Waals surface area (Å²) in [5.41, 5.74) is 8.39. The molecule has 2 heterocycles. The van der Waals surface area contributed by atoms with Crippen molar-refractivity contribution < 1.29 is 13.2 Å². The van der Waals surface area contributed by atoms with Crippen LogP contribution in [-0.4, -0.2) is 46.7 Å². The van der Waals surface area contributed by atoms with Crippen molar-refractivity contribution in [3.63, 3.8) is 0 Å². The maximum atomic E-state index is 13.4. The number of benzene rings is 2. The van der Waals surface area contributed by atoms with E-state index >= 15 is 0 Å². The second-order valence-corrected chi connectivity index (χ2v) is 11.0. The minimum absolute atomic E-state index is 0.193. The number of carbonyl (C=O) groups excluding carboxylic acids is 1. The van der Waals surface area contributed by atoms with Crippen molar-refractivity contribution in [2.45, 2.75) is 31.6 Å². The minimum atomic E-state index is -3.66. The Kier molecular flexibility index (Phi) is 7.54. The van der Waals surface area contributed by atoms with Crippen LogP contribution in [0.3, 0.4) is 0 Å². The Morgan fingerprint density at radius 2 is 1.77 bits per heavy atom. The predicted molar refractivity (Wildman–Crippen MR) is 141 cm³/mol. The Bertz CT molecular complexity index is 1390. The van der Waals surface area contributed by atoms with Gasteiger partial charge < -0.3 is 5.73 Å². The molecule has 10 heteroatoms. The second-order valence-electron chi connectivity index (χ2n) is 8.01. The quantitative estimate of drug-likeness (QED) is 0.431. The monoisotopic (exact) mass is 509 g/mol. The molecular formula is C25H27N5O3S2. The number of para-hydroxylation sites is 1. The summed E-state index contributed by atoms with van der Waals surface area (Å²) in [7, 11) is -3.66. The number of nitrogens with zero attached hydrogens (tertiary/aromatic N) is 4. The molecule has 0 saturated heterocycles. The number of amidine groups is 1. The van der Waals surface area contributed by atoms with Gasteiger partial charge in [-0.2, -0.15) is 14.4 Å². The summed E-state index contributed by atoms with van der Waals surface area (Å²) < 4.78 is 30.0. The number of thioether (sulfide) groups is 1. The molecule has 1 amide bonds. The first-order chi connectivity index (χ1) is 16.8. The van der Waals surface area contributed by atoms with Crippen LogP contribution in [0, 0.1) is 0 Å². The van der Waals surface area contributed by atoms with Gasteiger partial charge in [0.25, 0.3) is 5.91 Å². The molecule has 35 heavy (non-hydrogen) atoms. The molecule has 0 bridgehead atoms. The molecule has 0 unspecified atom stereocenters. The van der Waals surface area contributed by atoms with Crippen molar-refractivity contribution >= 4 is 38.9 Å². The third kappa shape index (κ3) is 5.39. The molecule has 2 N–H and O–H groups in total. The Morgan fingerprint density at radius 3 is 2.40 bits per heavy atom. The Morgan fingerprint density at radius 1 is 1.06 bits per heavy atom. The Labute approximate surface area is 209 Å². The molecule has 8 nitrogen and oxygen atoms in total. The molecule has 4 rings (SSSR count). The van der Waals surface area contributed by atoms with Crippen LogP contribution < -0.4 is 5.73 Å². The van der Waals surface area contributed by atoms with Gasteiger partial charge in [0.15, 0.2) is 5.17 Å². The zero-order valence-corrected chi connectivity index (χ0v) is 21.2. The molecule has 0 atom stereocenters. The summed E-state index contributed by atoms with van der Waals surface area (Å²) in [5.74, 6) is -0.406. The number of nitrogens with two attached hydrogens (primary N) is 1. The van der Waals surface area contributed by atoms with Gasteiger partial charge in [-0.05, 0) is 54.9 Å². The fraction of sp³-hybridized carbons (Fsp3) is 0.240.